The molecule has 536 valence electrons. The maximum atomic E-state index is 12.9. The molecule has 0 N–H and O–H groups in total. The van der Waals surface area contributed by atoms with Gasteiger partial charge in [-0.1, -0.05) is 375 Å². The number of rotatable bonds is 73. The maximum absolute atomic E-state index is 12.9. The summed E-state index contributed by atoms with van der Waals surface area (Å²) in [4.78, 5) is 38.1. The lowest BCUT2D eigenvalue weighted by molar-refractivity contribution is -0.870. The highest BCUT2D eigenvalue weighted by atomic mass is 31.2. The minimum Gasteiger partial charge on any atom is -0.756 e. The fourth-order valence-electron chi connectivity index (χ4n) is 11.5. The SMILES string of the molecule is CC/C=C\C/C=C\C/C=C\C/C=C\C/C=C\C/C=C\C/C=C\CCCCCCCCCC(=O)OC(COC(=O)CCCCCCCCCCCCCCCCCCCCCCCCCCCCCCCCCCCCCCCCC)COP(=O)([O-])OCC[N+](C)(C)C. The highest BCUT2D eigenvalue weighted by molar-refractivity contribution is 7.45. The summed E-state index contributed by atoms with van der Waals surface area (Å²) in [5.41, 5.74) is 0. The van der Waals surface area contributed by atoms with Gasteiger partial charge in [0.15, 0.2) is 6.10 Å². The fourth-order valence-corrected chi connectivity index (χ4v) is 12.2. The number of unbranched alkanes of at least 4 members (excludes halogenated alkanes) is 45. The third kappa shape index (κ3) is 76.2. The largest absolute Gasteiger partial charge is 0.756 e. The van der Waals surface area contributed by atoms with Crippen LogP contribution in [0.15, 0.2) is 85.1 Å². The van der Waals surface area contributed by atoms with Crippen molar-refractivity contribution in [2.45, 2.75) is 380 Å². The van der Waals surface area contributed by atoms with Crippen LogP contribution in [0.25, 0.3) is 0 Å². The van der Waals surface area contributed by atoms with E-state index >= 15 is 0 Å². The van der Waals surface area contributed by atoms with Gasteiger partial charge in [0.2, 0.25) is 0 Å². The molecule has 0 aromatic carbocycles. The molecule has 10 heteroatoms. The molecule has 0 fully saturated rings. The average Bonchev–Trinajstić information content (AvgIpc) is 2.14. The monoisotopic (exact) mass is 1310 g/mol. The van der Waals surface area contributed by atoms with Crippen molar-refractivity contribution in [3.8, 4) is 0 Å². The first-order chi connectivity index (χ1) is 45.0. The van der Waals surface area contributed by atoms with Gasteiger partial charge in [-0.15, -0.1) is 0 Å². The molecule has 0 bridgehead atoms. The van der Waals surface area contributed by atoms with Crippen LogP contribution in [0.5, 0.6) is 0 Å². The van der Waals surface area contributed by atoms with Gasteiger partial charge < -0.3 is 27.9 Å². The van der Waals surface area contributed by atoms with Gasteiger partial charge in [0.25, 0.3) is 7.82 Å². The van der Waals surface area contributed by atoms with Crippen molar-refractivity contribution in [2.24, 2.45) is 0 Å². The van der Waals surface area contributed by atoms with Crippen LogP contribution in [-0.2, 0) is 32.7 Å². The van der Waals surface area contributed by atoms with Gasteiger partial charge in [-0.25, -0.2) is 0 Å². The number of phosphoric acid groups is 1. The van der Waals surface area contributed by atoms with Crippen LogP contribution in [-0.4, -0.2) is 70.0 Å². The number of carbonyl (C=O) groups is 2. The number of likely N-dealkylation sites (N-methyl/N-ethyl adjacent to an activating group) is 1. The quantitative estimate of drug-likeness (QED) is 0.0195. The van der Waals surface area contributed by atoms with E-state index in [-0.39, 0.29) is 32.0 Å². The standard InChI is InChI=1S/C82H150NO8P/c1-6-8-10-12-14-16-18-20-22-24-26-28-30-32-34-36-37-38-39-40-41-42-43-44-45-47-48-50-52-54-56-58-60-62-64-66-68-70-72-74-81(84)88-78-80(79-90-92(86,87)89-77-76-83(3,4)5)91-82(85)75-73-71-69-67-65-63-61-59-57-55-53-51-49-46-35-33-31-29-27-25-23-21-19-17-15-13-11-9-7-2/h9,11,15,17,21,23,27,29,33,35,49,51,55,57,80H,6-8,10,12-14,16,18-20,22,24-26,28,30-32,34,36-48,50,52-54,56,58-79H2,1-5H3/b11-9-,17-15-,23-21-,29-27-,35-33-,51-49-,57-55-. The van der Waals surface area contributed by atoms with E-state index in [1.165, 1.54) is 250 Å². The molecule has 0 heterocycles. The van der Waals surface area contributed by atoms with Crippen LogP contribution in [0.4, 0.5) is 0 Å². The number of hydrogen-bond acceptors (Lipinski definition) is 8. The van der Waals surface area contributed by atoms with E-state index in [4.69, 9.17) is 18.5 Å². The van der Waals surface area contributed by atoms with Gasteiger partial charge in [-0.05, 0) is 70.6 Å². The molecule has 2 atom stereocenters. The fraction of sp³-hybridized carbons (Fsp3) is 0.805. The molecule has 0 aromatic rings. The Balaban J connectivity index is 3.95. The summed E-state index contributed by atoms with van der Waals surface area (Å²) in [6.07, 6.45) is 100.0. The third-order valence-corrected chi connectivity index (χ3v) is 18.4. The lowest BCUT2D eigenvalue weighted by Gasteiger charge is -2.28. The molecule has 0 aliphatic carbocycles. The summed E-state index contributed by atoms with van der Waals surface area (Å²) in [6.45, 7) is 4.16. The Morgan fingerprint density at radius 3 is 0.924 bits per heavy atom. The Morgan fingerprint density at radius 1 is 0.348 bits per heavy atom. The van der Waals surface area contributed by atoms with Crippen molar-refractivity contribution >= 4 is 19.8 Å². The Morgan fingerprint density at radius 2 is 0.620 bits per heavy atom. The molecule has 0 aromatic heterocycles. The molecule has 92 heavy (non-hydrogen) atoms. The van der Waals surface area contributed by atoms with E-state index in [0.717, 1.165) is 89.9 Å². The average molecular weight is 1310 g/mol. The van der Waals surface area contributed by atoms with Crippen molar-refractivity contribution in [2.75, 3.05) is 47.5 Å². The van der Waals surface area contributed by atoms with Crippen LogP contribution in [0.1, 0.15) is 373 Å². The summed E-state index contributed by atoms with van der Waals surface area (Å²) in [6, 6.07) is 0. The zero-order valence-corrected chi connectivity index (χ0v) is 62.1. The molecular weight excluding hydrogens is 1160 g/mol. The number of hydrogen-bond donors (Lipinski definition) is 0. The van der Waals surface area contributed by atoms with E-state index in [2.05, 4.69) is 98.9 Å². The van der Waals surface area contributed by atoms with Crippen molar-refractivity contribution in [1.29, 1.82) is 0 Å². The Labute approximate surface area is 571 Å². The highest BCUT2D eigenvalue weighted by Gasteiger charge is 2.22. The van der Waals surface area contributed by atoms with Crippen molar-refractivity contribution < 1.29 is 42.1 Å². The molecule has 0 radical (unpaired) electrons. The van der Waals surface area contributed by atoms with Gasteiger partial charge >= 0.3 is 11.9 Å². The molecule has 9 nitrogen and oxygen atoms in total. The second-order valence-electron chi connectivity index (χ2n) is 27.7. The van der Waals surface area contributed by atoms with Gasteiger partial charge in [0.05, 0.1) is 27.7 Å². The second kappa shape index (κ2) is 72.5. The Bertz CT molecular complexity index is 1830. The molecule has 0 aliphatic rings. The number of allylic oxidation sites excluding steroid dienone is 14. The van der Waals surface area contributed by atoms with Crippen molar-refractivity contribution in [3.63, 3.8) is 0 Å². The lowest BCUT2D eigenvalue weighted by atomic mass is 10.0. The Kier molecular flexibility index (Phi) is 70.2. The number of quaternary nitrogens is 1. The summed E-state index contributed by atoms with van der Waals surface area (Å²) in [5.74, 6) is -0.835. The van der Waals surface area contributed by atoms with Gasteiger partial charge in [-0.2, -0.15) is 0 Å². The molecule has 2 unspecified atom stereocenters. The summed E-state index contributed by atoms with van der Waals surface area (Å²) in [7, 11) is 1.16. The topological polar surface area (TPSA) is 111 Å². The second-order valence-corrected chi connectivity index (χ2v) is 29.1. The molecule has 0 spiro atoms. The first-order valence-electron chi connectivity index (χ1n) is 39.3. The minimum atomic E-state index is -4.65. The highest BCUT2D eigenvalue weighted by Crippen LogP contribution is 2.38. The minimum absolute atomic E-state index is 0.0354. The van der Waals surface area contributed by atoms with E-state index < -0.39 is 26.5 Å². The zero-order chi connectivity index (χ0) is 66.9. The van der Waals surface area contributed by atoms with E-state index in [0.29, 0.717) is 17.4 Å². The number of nitrogens with zero attached hydrogens (tertiary/aromatic N) is 1. The van der Waals surface area contributed by atoms with E-state index in [1.54, 1.807) is 0 Å². The maximum Gasteiger partial charge on any atom is 0.306 e. The van der Waals surface area contributed by atoms with Crippen LogP contribution >= 0.6 is 7.82 Å². The van der Waals surface area contributed by atoms with Crippen LogP contribution in [0.3, 0.4) is 0 Å². The van der Waals surface area contributed by atoms with Crippen LogP contribution in [0.2, 0.25) is 0 Å². The predicted octanol–water partition coefficient (Wildman–Crippen LogP) is 25.4. The smallest absolute Gasteiger partial charge is 0.306 e. The summed E-state index contributed by atoms with van der Waals surface area (Å²) < 4.78 is 34.4. The lowest BCUT2D eigenvalue weighted by Crippen LogP contribution is -2.37. The van der Waals surface area contributed by atoms with Gasteiger partial charge in [0.1, 0.15) is 19.8 Å². The van der Waals surface area contributed by atoms with Crippen LogP contribution in [0, 0.1) is 0 Å². The first-order valence-corrected chi connectivity index (χ1v) is 40.8. The number of carbonyl (C=O) groups excluding carboxylic acids is 2. The van der Waals surface area contributed by atoms with E-state index in [9.17, 15) is 19.0 Å². The molecule has 0 amide bonds. The summed E-state index contributed by atoms with van der Waals surface area (Å²) >= 11 is 0. The van der Waals surface area contributed by atoms with E-state index in [1.807, 2.05) is 21.1 Å². The first kappa shape index (κ1) is 89.2. The number of esters is 2. The van der Waals surface area contributed by atoms with Gasteiger partial charge in [-0.3, -0.25) is 14.2 Å². The molecular formula is C82H150NO8P. The number of phosphoric ester groups is 1. The Hall–Kier alpha value is -2.81. The molecule has 0 rings (SSSR count). The number of ether oxygens (including phenoxy) is 2. The summed E-state index contributed by atoms with van der Waals surface area (Å²) in [5, 5.41) is 0. The molecule has 0 saturated heterocycles. The predicted molar refractivity (Wildman–Crippen MR) is 397 cm³/mol. The third-order valence-electron chi connectivity index (χ3n) is 17.4. The molecule has 0 aliphatic heterocycles. The van der Waals surface area contributed by atoms with Crippen LogP contribution < -0.4 is 4.89 Å². The normalized spacial score (nSPS) is 13.5. The van der Waals surface area contributed by atoms with Gasteiger partial charge in [0, 0.05) is 12.8 Å². The molecule has 0 saturated carbocycles. The van der Waals surface area contributed by atoms with Crippen molar-refractivity contribution in [1.82, 2.24) is 0 Å². The van der Waals surface area contributed by atoms with Crippen molar-refractivity contribution in [3.05, 3.63) is 85.1 Å². The zero-order valence-electron chi connectivity index (χ0n) is 61.2.